The fraction of sp³-hybridized carbons (Fsp3) is 0.846. The lowest BCUT2D eigenvalue weighted by atomic mass is 10.1. The molecule has 122 valence electrons. The predicted octanol–water partition coefficient (Wildman–Crippen LogP) is -0.627. The van der Waals surface area contributed by atoms with Crippen molar-refractivity contribution in [3.05, 3.63) is 0 Å². The molecule has 1 saturated heterocycles. The van der Waals surface area contributed by atoms with Crippen LogP contribution >= 0.6 is 0 Å². The second kappa shape index (κ2) is 7.22. The van der Waals surface area contributed by atoms with E-state index in [-0.39, 0.29) is 41.9 Å². The second-order valence-electron chi connectivity index (χ2n) is 5.68. The van der Waals surface area contributed by atoms with Gasteiger partial charge in [0.2, 0.25) is 5.91 Å². The van der Waals surface area contributed by atoms with Crippen molar-refractivity contribution in [3.8, 4) is 0 Å². The number of amides is 1. The van der Waals surface area contributed by atoms with Crippen LogP contribution in [-0.2, 0) is 24.2 Å². The Balaban J connectivity index is 2.47. The molecule has 0 saturated carbocycles. The van der Waals surface area contributed by atoms with Gasteiger partial charge in [-0.3, -0.25) is 14.5 Å². The number of methoxy groups -OCH3 is 1. The molecule has 0 bridgehead atoms. The molecule has 1 amide bonds. The van der Waals surface area contributed by atoms with Crippen LogP contribution in [0.5, 0.6) is 0 Å². The van der Waals surface area contributed by atoms with Crippen molar-refractivity contribution in [2.24, 2.45) is 5.92 Å². The van der Waals surface area contributed by atoms with Crippen molar-refractivity contribution in [1.29, 1.82) is 0 Å². The van der Waals surface area contributed by atoms with Crippen LogP contribution in [0.25, 0.3) is 0 Å². The summed E-state index contributed by atoms with van der Waals surface area (Å²) in [5.74, 6) is -0.590. The maximum absolute atomic E-state index is 12.1. The van der Waals surface area contributed by atoms with E-state index in [1.54, 1.807) is 25.9 Å². The van der Waals surface area contributed by atoms with Crippen molar-refractivity contribution >= 4 is 21.7 Å². The van der Waals surface area contributed by atoms with Gasteiger partial charge in [-0.1, -0.05) is 6.92 Å². The first kappa shape index (κ1) is 17.9. The number of hydrogen-bond acceptors (Lipinski definition) is 6. The minimum Gasteiger partial charge on any atom is -0.469 e. The molecule has 0 aromatic rings. The van der Waals surface area contributed by atoms with Gasteiger partial charge in [0.25, 0.3) is 0 Å². The molecule has 0 aliphatic carbocycles. The summed E-state index contributed by atoms with van der Waals surface area (Å²) in [5, 5.41) is 0. The molecule has 0 spiro atoms. The van der Waals surface area contributed by atoms with E-state index in [9.17, 15) is 18.0 Å². The van der Waals surface area contributed by atoms with E-state index < -0.39 is 9.84 Å². The maximum atomic E-state index is 12.1. The summed E-state index contributed by atoms with van der Waals surface area (Å²) in [6, 6.07) is -0.242. The fourth-order valence-electron chi connectivity index (χ4n) is 2.43. The SMILES string of the molecule is COC(=O)C(C)CN(C)CC(=O)N(C)C1CCS(=O)(=O)C1. The number of ether oxygens (including phenoxy) is 1. The van der Waals surface area contributed by atoms with E-state index >= 15 is 0 Å². The summed E-state index contributed by atoms with van der Waals surface area (Å²) < 4.78 is 27.5. The Morgan fingerprint density at radius 2 is 1.95 bits per heavy atom. The Morgan fingerprint density at radius 3 is 2.43 bits per heavy atom. The van der Waals surface area contributed by atoms with E-state index in [0.717, 1.165) is 0 Å². The van der Waals surface area contributed by atoms with Crippen LogP contribution in [0.1, 0.15) is 13.3 Å². The number of sulfone groups is 1. The standard InChI is InChI=1S/C13H24N2O5S/c1-10(13(17)20-4)7-14(2)8-12(16)15(3)11-5-6-21(18,19)9-11/h10-11H,5-9H2,1-4H3. The van der Waals surface area contributed by atoms with Crippen LogP contribution < -0.4 is 0 Å². The van der Waals surface area contributed by atoms with Gasteiger partial charge in [0, 0.05) is 19.6 Å². The number of rotatable bonds is 6. The molecule has 8 heteroatoms. The van der Waals surface area contributed by atoms with Crippen LogP contribution in [0, 0.1) is 5.92 Å². The molecule has 1 aliphatic rings. The summed E-state index contributed by atoms with van der Waals surface area (Å²) in [6.07, 6.45) is 0.493. The average Bonchev–Trinajstić information content (AvgIpc) is 2.76. The zero-order chi connectivity index (χ0) is 16.2. The van der Waals surface area contributed by atoms with Crippen molar-refractivity contribution in [3.63, 3.8) is 0 Å². The molecule has 2 atom stereocenters. The third-order valence-electron chi connectivity index (χ3n) is 3.74. The molecule has 1 aliphatic heterocycles. The quantitative estimate of drug-likeness (QED) is 0.606. The summed E-state index contributed by atoms with van der Waals surface area (Å²) in [4.78, 5) is 26.7. The molecule has 1 heterocycles. The Bertz CT molecular complexity index is 491. The van der Waals surface area contributed by atoms with Gasteiger partial charge in [-0.05, 0) is 13.5 Å². The van der Waals surface area contributed by atoms with Crippen molar-refractivity contribution in [1.82, 2.24) is 9.80 Å². The van der Waals surface area contributed by atoms with Gasteiger partial charge in [0.15, 0.2) is 9.84 Å². The number of carbonyl (C=O) groups excluding carboxylic acids is 2. The Labute approximate surface area is 126 Å². The lowest BCUT2D eigenvalue weighted by Gasteiger charge is -2.27. The van der Waals surface area contributed by atoms with Gasteiger partial charge >= 0.3 is 5.97 Å². The highest BCUT2D eigenvalue weighted by Gasteiger charge is 2.33. The van der Waals surface area contributed by atoms with E-state index in [1.807, 2.05) is 0 Å². The van der Waals surface area contributed by atoms with Crippen LogP contribution in [0.4, 0.5) is 0 Å². The molecular formula is C13H24N2O5S. The minimum absolute atomic E-state index is 0.0392. The van der Waals surface area contributed by atoms with Gasteiger partial charge in [-0.15, -0.1) is 0 Å². The Hall–Kier alpha value is -1.15. The molecule has 0 aromatic heterocycles. The summed E-state index contributed by atoms with van der Waals surface area (Å²) in [5.41, 5.74) is 0. The normalized spacial score (nSPS) is 22.0. The van der Waals surface area contributed by atoms with Gasteiger partial charge in [0.05, 0.1) is 31.1 Å². The van der Waals surface area contributed by atoms with Crippen LogP contribution in [-0.4, -0.2) is 81.9 Å². The number of nitrogens with zero attached hydrogens (tertiary/aromatic N) is 2. The molecule has 7 nitrogen and oxygen atoms in total. The van der Waals surface area contributed by atoms with E-state index in [0.29, 0.717) is 13.0 Å². The average molecular weight is 320 g/mol. The van der Waals surface area contributed by atoms with Gasteiger partial charge in [-0.2, -0.15) is 0 Å². The molecule has 1 fully saturated rings. The smallest absolute Gasteiger partial charge is 0.309 e. The monoisotopic (exact) mass is 320 g/mol. The highest BCUT2D eigenvalue weighted by atomic mass is 32.2. The first-order valence-electron chi connectivity index (χ1n) is 6.88. The maximum Gasteiger partial charge on any atom is 0.309 e. The van der Waals surface area contributed by atoms with Gasteiger partial charge in [-0.25, -0.2) is 8.42 Å². The predicted molar refractivity (Wildman–Crippen MR) is 78.5 cm³/mol. The number of carbonyl (C=O) groups is 2. The topological polar surface area (TPSA) is 84.0 Å². The zero-order valence-corrected chi connectivity index (χ0v) is 13.9. The zero-order valence-electron chi connectivity index (χ0n) is 13.0. The Kier molecular flexibility index (Phi) is 6.15. The molecule has 0 N–H and O–H groups in total. The lowest BCUT2D eigenvalue weighted by Crippen LogP contribution is -2.44. The van der Waals surface area contributed by atoms with Crippen molar-refractivity contribution in [2.45, 2.75) is 19.4 Å². The number of likely N-dealkylation sites (N-methyl/N-ethyl adjacent to an activating group) is 2. The summed E-state index contributed by atoms with van der Waals surface area (Å²) >= 11 is 0. The summed E-state index contributed by atoms with van der Waals surface area (Å²) in [6.45, 7) is 2.30. The lowest BCUT2D eigenvalue weighted by molar-refractivity contribution is -0.146. The molecular weight excluding hydrogens is 296 g/mol. The highest BCUT2D eigenvalue weighted by Crippen LogP contribution is 2.16. The van der Waals surface area contributed by atoms with Crippen LogP contribution in [0.3, 0.4) is 0 Å². The van der Waals surface area contributed by atoms with Gasteiger partial charge in [0.1, 0.15) is 0 Å². The number of esters is 1. The fourth-order valence-corrected chi connectivity index (χ4v) is 4.21. The van der Waals surface area contributed by atoms with E-state index in [2.05, 4.69) is 4.74 Å². The van der Waals surface area contributed by atoms with Crippen molar-refractivity contribution in [2.75, 3.05) is 45.8 Å². The molecule has 2 unspecified atom stereocenters. The van der Waals surface area contributed by atoms with Crippen molar-refractivity contribution < 1.29 is 22.7 Å². The largest absolute Gasteiger partial charge is 0.469 e. The van der Waals surface area contributed by atoms with Crippen LogP contribution in [0.2, 0.25) is 0 Å². The third-order valence-corrected chi connectivity index (χ3v) is 5.49. The third kappa shape index (κ3) is 5.28. The first-order chi connectivity index (χ1) is 9.66. The second-order valence-corrected chi connectivity index (χ2v) is 7.91. The molecule has 0 radical (unpaired) electrons. The Morgan fingerprint density at radius 1 is 1.33 bits per heavy atom. The summed E-state index contributed by atoms with van der Waals surface area (Å²) in [7, 11) is 1.70. The molecule has 0 aromatic carbocycles. The number of hydrogen-bond donors (Lipinski definition) is 0. The minimum atomic E-state index is -3.00. The first-order valence-corrected chi connectivity index (χ1v) is 8.71. The highest BCUT2D eigenvalue weighted by molar-refractivity contribution is 7.91. The van der Waals surface area contributed by atoms with E-state index in [4.69, 9.17) is 0 Å². The van der Waals surface area contributed by atoms with Gasteiger partial charge < -0.3 is 9.64 Å². The van der Waals surface area contributed by atoms with E-state index in [1.165, 1.54) is 12.0 Å². The van der Waals surface area contributed by atoms with Crippen LogP contribution in [0.15, 0.2) is 0 Å². The molecule has 21 heavy (non-hydrogen) atoms. The molecule has 1 rings (SSSR count).